The van der Waals surface area contributed by atoms with Crippen molar-refractivity contribution in [3.63, 3.8) is 0 Å². The Morgan fingerprint density at radius 2 is 2.12 bits per heavy atom. The number of nitrogens with one attached hydrogen (secondary N) is 2. The third-order valence-corrected chi connectivity index (χ3v) is 5.26. The van der Waals surface area contributed by atoms with E-state index in [0.717, 1.165) is 27.9 Å². The first kappa shape index (κ1) is 16.0. The van der Waals surface area contributed by atoms with Crippen LogP contribution in [0, 0.1) is 6.92 Å². The van der Waals surface area contributed by atoms with Crippen molar-refractivity contribution in [2.45, 2.75) is 12.0 Å². The first-order valence-electron chi connectivity index (χ1n) is 7.64. The van der Waals surface area contributed by atoms with Crippen molar-refractivity contribution < 1.29 is 9.21 Å². The Labute approximate surface area is 152 Å². The van der Waals surface area contributed by atoms with Gasteiger partial charge in [0, 0.05) is 27.5 Å². The Hall–Kier alpha value is -2.51. The molecule has 0 saturated carbocycles. The summed E-state index contributed by atoms with van der Waals surface area (Å²) in [7, 11) is 0. The van der Waals surface area contributed by atoms with Crippen LogP contribution in [0.15, 0.2) is 51.3 Å². The number of nitrogens with zero attached hydrogens (tertiary/aromatic N) is 1. The number of carbonyl (C=O) groups excluding carboxylic acids is 1. The van der Waals surface area contributed by atoms with Gasteiger partial charge in [-0.2, -0.15) is 0 Å². The molecule has 1 amide bonds. The van der Waals surface area contributed by atoms with Crippen molar-refractivity contribution in [2.24, 2.45) is 0 Å². The fourth-order valence-electron chi connectivity index (χ4n) is 2.76. The molecule has 0 bridgehead atoms. The van der Waals surface area contributed by atoms with Crippen LogP contribution < -0.4 is 5.32 Å². The van der Waals surface area contributed by atoms with Crippen molar-refractivity contribution in [1.82, 2.24) is 9.97 Å². The summed E-state index contributed by atoms with van der Waals surface area (Å²) in [5, 5.41) is 7.13. The van der Waals surface area contributed by atoms with Gasteiger partial charge >= 0.3 is 0 Å². The molecule has 3 heterocycles. The van der Waals surface area contributed by atoms with Gasteiger partial charge < -0.3 is 9.40 Å². The van der Waals surface area contributed by atoms with Gasteiger partial charge in [0.15, 0.2) is 16.0 Å². The summed E-state index contributed by atoms with van der Waals surface area (Å²) < 4.78 is 5.45. The van der Waals surface area contributed by atoms with E-state index in [1.807, 2.05) is 36.8 Å². The zero-order valence-electron chi connectivity index (χ0n) is 13.6. The molecule has 0 unspecified atom stereocenters. The van der Waals surface area contributed by atoms with Crippen LogP contribution >= 0.6 is 23.1 Å². The first-order chi connectivity index (χ1) is 12.2. The molecule has 7 heteroatoms. The molecule has 2 N–H and O–H groups in total. The number of benzene rings is 1. The lowest BCUT2D eigenvalue weighted by Crippen LogP contribution is -2.10. The predicted octanol–water partition coefficient (Wildman–Crippen LogP) is 5.17. The maximum Gasteiger partial charge on any atom is 0.293 e. The number of carbonyl (C=O) groups is 1. The van der Waals surface area contributed by atoms with Crippen LogP contribution in [-0.2, 0) is 0 Å². The Morgan fingerprint density at radius 3 is 2.92 bits per heavy atom. The quantitative estimate of drug-likeness (QED) is 0.487. The number of amides is 1. The smallest absolute Gasteiger partial charge is 0.293 e. The van der Waals surface area contributed by atoms with Gasteiger partial charge in [0.1, 0.15) is 0 Å². The standard InChI is InChI=1S/C18H15N3O2S2/c1-10-16(11-5-3-4-6-12(11)19-10)13-9-25-18(20-13)21-17(22)14-7-8-15(23-14)24-2/h3-9,19H,1-2H3,(H,20,21,22). The van der Waals surface area contributed by atoms with Crippen LogP contribution in [0.3, 0.4) is 0 Å². The lowest BCUT2D eigenvalue weighted by atomic mass is 10.1. The summed E-state index contributed by atoms with van der Waals surface area (Å²) in [6.45, 7) is 2.03. The number of furan rings is 1. The Bertz CT molecular complexity index is 1060. The van der Waals surface area contributed by atoms with Crippen molar-refractivity contribution in [3.05, 3.63) is 53.2 Å². The topological polar surface area (TPSA) is 70.9 Å². The Morgan fingerprint density at radius 1 is 1.28 bits per heavy atom. The van der Waals surface area contributed by atoms with Crippen LogP contribution in [0.5, 0.6) is 0 Å². The maximum atomic E-state index is 12.3. The van der Waals surface area contributed by atoms with Crippen molar-refractivity contribution in [3.8, 4) is 11.3 Å². The molecule has 0 aliphatic rings. The van der Waals surface area contributed by atoms with Gasteiger partial charge in [0.2, 0.25) is 0 Å². The Kier molecular flexibility index (Phi) is 4.10. The number of aromatic amines is 1. The highest BCUT2D eigenvalue weighted by Gasteiger charge is 2.16. The van der Waals surface area contributed by atoms with Gasteiger partial charge in [-0.25, -0.2) is 4.98 Å². The summed E-state index contributed by atoms with van der Waals surface area (Å²) in [5.41, 5.74) is 4.04. The van der Waals surface area contributed by atoms with Gasteiger partial charge in [-0.05, 0) is 31.4 Å². The van der Waals surface area contributed by atoms with Crippen LogP contribution in [0.1, 0.15) is 16.2 Å². The van der Waals surface area contributed by atoms with E-state index in [2.05, 4.69) is 21.4 Å². The molecule has 0 fully saturated rings. The molecular formula is C18H15N3O2S2. The number of anilines is 1. The van der Waals surface area contributed by atoms with E-state index < -0.39 is 0 Å². The number of fused-ring (bicyclic) bond motifs is 1. The second-order valence-electron chi connectivity index (χ2n) is 5.49. The SMILES string of the molecule is CSc1ccc(C(=O)Nc2nc(-c3c(C)[nH]c4ccccc34)cs2)o1. The predicted molar refractivity (Wildman–Crippen MR) is 103 cm³/mol. The second-order valence-corrected chi connectivity index (χ2v) is 7.15. The maximum absolute atomic E-state index is 12.3. The summed E-state index contributed by atoms with van der Waals surface area (Å²) >= 11 is 2.85. The van der Waals surface area contributed by atoms with Crippen molar-refractivity contribution in [1.29, 1.82) is 0 Å². The second kappa shape index (κ2) is 6.42. The molecule has 4 rings (SSSR count). The van der Waals surface area contributed by atoms with E-state index in [1.165, 1.54) is 23.1 Å². The molecule has 1 aromatic carbocycles. The van der Waals surface area contributed by atoms with Crippen LogP contribution in [0.4, 0.5) is 5.13 Å². The number of thioether (sulfide) groups is 1. The van der Waals surface area contributed by atoms with E-state index in [-0.39, 0.29) is 11.7 Å². The molecular weight excluding hydrogens is 354 g/mol. The molecule has 0 saturated heterocycles. The van der Waals surface area contributed by atoms with E-state index in [4.69, 9.17) is 4.42 Å². The molecule has 0 radical (unpaired) electrons. The minimum Gasteiger partial charge on any atom is -0.445 e. The molecule has 4 aromatic rings. The normalized spacial score (nSPS) is 11.1. The highest BCUT2D eigenvalue weighted by molar-refractivity contribution is 7.98. The molecule has 0 atom stereocenters. The first-order valence-corrected chi connectivity index (χ1v) is 9.74. The lowest BCUT2D eigenvalue weighted by Gasteiger charge is -1.99. The number of rotatable bonds is 4. The van der Waals surface area contributed by atoms with Gasteiger partial charge in [-0.3, -0.25) is 10.1 Å². The minimum absolute atomic E-state index is 0.282. The number of aromatic nitrogens is 2. The molecule has 25 heavy (non-hydrogen) atoms. The van der Waals surface area contributed by atoms with E-state index in [9.17, 15) is 4.79 Å². The Balaban J connectivity index is 1.61. The highest BCUT2D eigenvalue weighted by Crippen LogP contribution is 2.34. The zero-order valence-corrected chi connectivity index (χ0v) is 15.3. The fraction of sp³-hybridized carbons (Fsp3) is 0.111. The number of hydrogen-bond donors (Lipinski definition) is 2. The molecule has 0 aliphatic carbocycles. The van der Waals surface area contributed by atoms with E-state index in [1.54, 1.807) is 12.1 Å². The van der Waals surface area contributed by atoms with Crippen molar-refractivity contribution in [2.75, 3.05) is 11.6 Å². The van der Waals surface area contributed by atoms with Crippen LogP contribution in [0.2, 0.25) is 0 Å². The zero-order chi connectivity index (χ0) is 17.4. The average Bonchev–Trinajstić information content (AvgIpc) is 3.31. The summed E-state index contributed by atoms with van der Waals surface area (Å²) in [5.74, 6) is -0.0128. The van der Waals surface area contributed by atoms with Crippen LogP contribution in [-0.4, -0.2) is 22.1 Å². The van der Waals surface area contributed by atoms with Crippen LogP contribution in [0.25, 0.3) is 22.2 Å². The lowest BCUT2D eigenvalue weighted by molar-refractivity contribution is 0.0992. The van der Waals surface area contributed by atoms with Gasteiger partial charge in [0.25, 0.3) is 5.91 Å². The van der Waals surface area contributed by atoms with Crippen molar-refractivity contribution >= 4 is 45.0 Å². The molecule has 0 aliphatic heterocycles. The van der Waals surface area contributed by atoms with Gasteiger partial charge in [0.05, 0.1) is 5.69 Å². The summed E-state index contributed by atoms with van der Waals surface area (Å²) in [4.78, 5) is 20.2. The summed E-state index contributed by atoms with van der Waals surface area (Å²) in [6, 6.07) is 11.6. The molecule has 5 nitrogen and oxygen atoms in total. The molecule has 0 spiro atoms. The average molecular weight is 369 g/mol. The van der Waals surface area contributed by atoms with E-state index >= 15 is 0 Å². The number of H-pyrrole nitrogens is 1. The molecule has 3 aromatic heterocycles. The van der Waals surface area contributed by atoms with E-state index in [0.29, 0.717) is 10.2 Å². The summed E-state index contributed by atoms with van der Waals surface area (Å²) in [6.07, 6.45) is 1.90. The number of para-hydroxylation sites is 1. The third-order valence-electron chi connectivity index (χ3n) is 3.88. The number of thiazole rings is 1. The number of aryl methyl sites for hydroxylation is 1. The minimum atomic E-state index is -0.295. The van der Waals surface area contributed by atoms with Gasteiger partial charge in [-0.1, -0.05) is 30.0 Å². The number of hydrogen-bond acceptors (Lipinski definition) is 5. The third kappa shape index (κ3) is 2.96. The monoisotopic (exact) mass is 369 g/mol. The molecule has 126 valence electrons. The highest BCUT2D eigenvalue weighted by atomic mass is 32.2. The fourth-order valence-corrected chi connectivity index (χ4v) is 3.84. The van der Waals surface area contributed by atoms with Gasteiger partial charge in [-0.15, -0.1) is 11.3 Å². The largest absolute Gasteiger partial charge is 0.445 e.